The quantitative estimate of drug-likeness (QED) is 0.275. The maximum Gasteiger partial charge on any atom is 1.00 e. The third-order valence-electron chi connectivity index (χ3n) is 2.27. The van der Waals surface area contributed by atoms with Gasteiger partial charge in [0.15, 0.2) is 0 Å². The van der Waals surface area contributed by atoms with Crippen LogP contribution in [0.4, 0.5) is 0 Å². The molecule has 0 radical (unpaired) electrons. The summed E-state index contributed by atoms with van der Waals surface area (Å²) in [6, 6.07) is 0. The van der Waals surface area contributed by atoms with Crippen molar-refractivity contribution in [1.29, 1.82) is 0 Å². The Morgan fingerprint density at radius 3 is 2.28 bits per heavy atom. The predicted octanol–water partition coefficient (Wildman–Crippen LogP) is -0.798. The van der Waals surface area contributed by atoms with Crippen LogP contribution in [0.25, 0.3) is 0 Å². The van der Waals surface area contributed by atoms with Crippen LogP contribution in [0, 0.1) is 0 Å². The molecule has 0 amide bonds. The molecule has 0 spiro atoms. The Hall–Kier alpha value is 0.800. The second-order valence-corrected chi connectivity index (χ2v) is 6.84. The van der Waals surface area contributed by atoms with E-state index in [2.05, 4.69) is 12.2 Å². The smallest absolute Gasteiger partial charge is 0.748 e. The van der Waals surface area contributed by atoms with Gasteiger partial charge in [-0.25, -0.2) is 8.42 Å². The largest absolute Gasteiger partial charge is 1.00 e. The number of unbranched alkanes of at least 4 members (excludes halogenated alkanes) is 3. The summed E-state index contributed by atoms with van der Waals surface area (Å²) in [4.78, 5) is 0.634. The molecule has 0 unspecified atom stereocenters. The summed E-state index contributed by atoms with van der Waals surface area (Å²) in [7, 11) is -4.23. The van der Waals surface area contributed by atoms with Crippen molar-refractivity contribution >= 4 is 27.3 Å². The molecule has 0 atom stereocenters. The molecule has 0 aromatic rings. The molecule has 18 heavy (non-hydrogen) atoms. The number of thiocarbonyl (C=S) groups is 1. The van der Waals surface area contributed by atoms with Crippen molar-refractivity contribution in [3.8, 4) is 0 Å². The van der Waals surface area contributed by atoms with Crippen LogP contribution in [0.5, 0.6) is 0 Å². The van der Waals surface area contributed by atoms with E-state index in [1.54, 1.807) is 13.8 Å². The van der Waals surface area contributed by atoms with Gasteiger partial charge < -0.3 is 9.87 Å². The van der Waals surface area contributed by atoms with Crippen LogP contribution in [-0.4, -0.2) is 29.3 Å². The first-order valence-corrected chi connectivity index (χ1v) is 7.89. The third kappa shape index (κ3) is 13.2. The van der Waals surface area contributed by atoms with Crippen molar-refractivity contribution in [3.05, 3.63) is 0 Å². The van der Waals surface area contributed by atoms with E-state index in [1.165, 1.54) is 12.8 Å². The Balaban J connectivity index is 0. The molecule has 7 heteroatoms. The van der Waals surface area contributed by atoms with Gasteiger partial charge in [-0.05, 0) is 26.7 Å². The van der Waals surface area contributed by atoms with Gasteiger partial charge in [0, 0.05) is 5.54 Å². The van der Waals surface area contributed by atoms with Crippen LogP contribution in [-0.2, 0) is 10.1 Å². The van der Waals surface area contributed by atoms with Crippen molar-refractivity contribution in [2.75, 3.05) is 5.75 Å². The number of hydrogen-bond acceptors (Lipinski definition) is 4. The second-order valence-electron chi connectivity index (χ2n) is 4.94. The summed E-state index contributed by atoms with van der Waals surface area (Å²) in [5.41, 5.74) is -0.789. The van der Waals surface area contributed by atoms with Gasteiger partial charge in [0.1, 0.15) is 0 Å². The topological polar surface area (TPSA) is 69.2 Å². The van der Waals surface area contributed by atoms with Gasteiger partial charge in [-0.2, -0.15) is 0 Å². The maximum absolute atomic E-state index is 10.7. The van der Waals surface area contributed by atoms with E-state index >= 15 is 0 Å². The summed E-state index contributed by atoms with van der Waals surface area (Å²) in [5, 5.41) is 2.94. The molecule has 1 N–H and O–H groups in total. The number of nitrogens with one attached hydrogen (secondary N) is 1. The summed E-state index contributed by atoms with van der Waals surface area (Å²) >= 11 is 5.13. The average molecular weight is 303 g/mol. The van der Waals surface area contributed by atoms with E-state index in [9.17, 15) is 13.0 Å². The van der Waals surface area contributed by atoms with Crippen LogP contribution in [0.2, 0.25) is 0 Å². The molecule has 0 rings (SSSR count). The monoisotopic (exact) mass is 303 g/mol. The molecule has 0 aromatic heterocycles. The first-order valence-electron chi connectivity index (χ1n) is 5.91. The molecule has 0 saturated carbocycles. The molecule has 0 bridgehead atoms. The van der Waals surface area contributed by atoms with Crippen LogP contribution in [0.1, 0.15) is 52.9 Å². The van der Waals surface area contributed by atoms with Gasteiger partial charge in [-0.15, -0.1) is 0 Å². The molecule has 102 valence electrons. The third-order valence-corrected chi connectivity index (χ3v) is 3.65. The zero-order valence-corrected chi connectivity index (χ0v) is 15.4. The molecule has 0 fully saturated rings. The molecule has 0 aliphatic rings. The van der Waals surface area contributed by atoms with Gasteiger partial charge in [0.2, 0.25) is 0 Å². The van der Waals surface area contributed by atoms with Gasteiger partial charge in [-0.3, -0.25) is 0 Å². The molecular formula is C11H22NNaO3S2. The van der Waals surface area contributed by atoms with Gasteiger partial charge in [0.25, 0.3) is 0 Å². The van der Waals surface area contributed by atoms with Crippen molar-refractivity contribution in [3.63, 3.8) is 0 Å². The fraction of sp³-hybridized carbons (Fsp3) is 0.909. The molecular weight excluding hydrogens is 281 g/mol. The maximum atomic E-state index is 10.7. The first-order chi connectivity index (χ1) is 7.66. The van der Waals surface area contributed by atoms with Crippen LogP contribution in [0.15, 0.2) is 0 Å². The molecule has 0 heterocycles. The normalized spacial score (nSPS) is 11.8. The fourth-order valence-corrected chi connectivity index (χ4v) is 3.01. The van der Waals surface area contributed by atoms with Gasteiger partial charge >= 0.3 is 29.6 Å². The fourth-order valence-electron chi connectivity index (χ4n) is 1.63. The summed E-state index contributed by atoms with van der Waals surface area (Å²) in [6.07, 6.45) is 5.22. The Kier molecular flexibility index (Phi) is 11.3. The number of rotatable bonds is 8. The van der Waals surface area contributed by atoms with Crippen molar-refractivity contribution in [2.45, 2.75) is 58.4 Å². The van der Waals surface area contributed by atoms with Crippen LogP contribution >= 0.6 is 12.2 Å². The van der Waals surface area contributed by atoms with Crippen molar-refractivity contribution < 1.29 is 42.5 Å². The molecule has 4 nitrogen and oxygen atoms in total. The van der Waals surface area contributed by atoms with E-state index in [0.29, 0.717) is 4.99 Å². The van der Waals surface area contributed by atoms with Crippen molar-refractivity contribution in [2.24, 2.45) is 0 Å². The zero-order chi connectivity index (χ0) is 13.5. The summed E-state index contributed by atoms with van der Waals surface area (Å²) in [5.74, 6) is -0.449. The minimum Gasteiger partial charge on any atom is -0.748 e. The average Bonchev–Trinajstić information content (AvgIpc) is 2.07. The van der Waals surface area contributed by atoms with Gasteiger partial charge in [0.05, 0.1) is 20.9 Å². The van der Waals surface area contributed by atoms with E-state index in [1.807, 2.05) is 0 Å². The van der Waals surface area contributed by atoms with Crippen LogP contribution < -0.4 is 34.9 Å². The van der Waals surface area contributed by atoms with Gasteiger partial charge in [-0.1, -0.05) is 38.4 Å². The minimum absolute atomic E-state index is 0. The Morgan fingerprint density at radius 2 is 1.83 bits per heavy atom. The molecule has 0 aliphatic heterocycles. The second kappa shape index (κ2) is 9.66. The van der Waals surface area contributed by atoms with E-state index in [0.717, 1.165) is 19.3 Å². The standard InChI is InChI=1S/C11H23NO3S2.Na/c1-4-5-6-7-8-10(16)12-11(2,3)9-17(13,14)15;/h4-9H2,1-3H3,(H,12,16)(H,13,14,15);/q;+1/p-1. The minimum atomic E-state index is -4.23. The summed E-state index contributed by atoms with van der Waals surface area (Å²) in [6.45, 7) is 5.47. The molecule has 0 aromatic carbocycles. The first kappa shape index (κ1) is 21.1. The van der Waals surface area contributed by atoms with E-state index < -0.39 is 21.4 Å². The Bertz CT molecular complexity index is 342. The zero-order valence-electron chi connectivity index (χ0n) is 11.8. The van der Waals surface area contributed by atoms with E-state index in [4.69, 9.17) is 12.2 Å². The van der Waals surface area contributed by atoms with Crippen LogP contribution in [0.3, 0.4) is 0 Å². The summed E-state index contributed by atoms with van der Waals surface area (Å²) < 4.78 is 32.1. The molecule has 0 aliphatic carbocycles. The predicted molar refractivity (Wildman–Crippen MR) is 73.1 cm³/mol. The van der Waals surface area contributed by atoms with E-state index in [-0.39, 0.29) is 29.6 Å². The van der Waals surface area contributed by atoms with Crippen molar-refractivity contribution in [1.82, 2.24) is 5.32 Å². The number of hydrogen-bond donors (Lipinski definition) is 1. The molecule has 0 saturated heterocycles. The Morgan fingerprint density at radius 1 is 1.28 bits per heavy atom. The SMILES string of the molecule is CCCCCCC(=S)NC(C)(C)CS(=O)(=O)[O-].[Na+]. The Labute approximate surface area is 138 Å².